The molecule has 6 nitrogen and oxygen atoms in total. The van der Waals surface area contributed by atoms with Crippen LogP contribution >= 0.6 is 0 Å². The lowest BCUT2D eigenvalue weighted by atomic mass is 9.75. The van der Waals surface area contributed by atoms with Gasteiger partial charge < -0.3 is 15.8 Å². The van der Waals surface area contributed by atoms with Crippen LogP contribution in [0, 0.1) is 17.6 Å². The Bertz CT molecular complexity index is 1120. The molecule has 1 aromatic heterocycles. The SMILES string of the molecule is C=Cc1c([C@@H]2[C@@H](C)[C@@](C)(C(F)(F)F)O[C@H]2C(=O)Nc2ccnc(C(N)=O)c2)ccc(F)c1F. The van der Waals surface area contributed by atoms with E-state index in [0.717, 1.165) is 31.2 Å². The van der Waals surface area contributed by atoms with Crippen molar-refractivity contribution in [3.05, 3.63) is 65.5 Å². The highest BCUT2D eigenvalue weighted by atomic mass is 19.4. The van der Waals surface area contributed by atoms with Gasteiger partial charge in [-0.3, -0.25) is 14.6 Å². The van der Waals surface area contributed by atoms with E-state index >= 15 is 0 Å². The summed E-state index contributed by atoms with van der Waals surface area (Å²) in [7, 11) is 0. The Hall–Kier alpha value is -3.34. The van der Waals surface area contributed by atoms with Crippen LogP contribution < -0.4 is 11.1 Å². The number of pyridine rings is 1. The summed E-state index contributed by atoms with van der Waals surface area (Å²) >= 11 is 0. The average Bonchev–Trinajstić information content (AvgIpc) is 3.02. The molecule has 1 aliphatic rings. The first kappa shape index (κ1) is 24.3. The number of hydrogen-bond acceptors (Lipinski definition) is 4. The van der Waals surface area contributed by atoms with Gasteiger partial charge in [0.2, 0.25) is 0 Å². The number of nitrogens with two attached hydrogens (primary N) is 1. The van der Waals surface area contributed by atoms with Gasteiger partial charge >= 0.3 is 6.18 Å². The second-order valence-electron chi connectivity index (χ2n) is 7.81. The van der Waals surface area contributed by atoms with E-state index in [4.69, 9.17) is 10.5 Å². The van der Waals surface area contributed by atoms with E-state index in [1.54, 1.807) is 0 Å². The third-order valence-electron chi connectivity index (χ3n) is 5.94. The number of rotatable bonds is 5. The number of primary amides is 1. The van der Waals surface area contributed by atoms with Crippen LogP contribution in [0.5, 0.6) is 0 Å². The molecule has 4 atom stereocenters. The van der Waals surface area contributed by atoms with E-state index in [1.165, 1.54) is 19.2 Å². The van der Waals surface area contributed by atoms with E-state index in [1.807, 2.05) is 0 Å². The lowest BCUT2D eigenvalue weighted by molar-refractivity contribution is -0.272. The molecule has 0 spiro atoms. The van der Waals surface area contributed by atoms with Gasteiger partial charge in [0.25, 0.3) is 11.8 Å². The maximum atomic E-state index is 14.4. The number of nitrogens with zero attached hydrogens (tertiary/aromatic N) is 1. The van der Waals surface area contributed by atoms with Crippen LogP contribution in [0.2, 0.25) is 0 Å². The molecule has 176 valence electrons. The molecule has 1 fully saturated rings. The molecule has 1 saturated heterocycles. The topological polar surface area (TPSA) is 94.3 Å². The second kappa shape index (κ2) is 8.54. The van der Waals surface area contributed by atoms with Gasteiger partial charge in [-0.05, 0) is 30.7 Å². The summed E-state index contributed by atoms with van der Waals surface area (Å²) in [6.07, 6.45) is -4.46. The number of carbonyl (C=O) groups is 2. The molecule has 0 unspecified atom stereocenters. The van der Waals surface area contributed by atoms with Crippen LogP contribution in [0.1, 0.15) is 41.4 Å². The van der Waals surface area contributed by atoms with Gasteiger partial charge in [-0.15, -0.1) is 0 Å². The van der Waals surface area contributed by atoms with Gasteiger partial charge in [-0.2, -0.15) is 13.2 Å². The predicted octanol–water partition coefficient (Wildman–Crippen LogP) is 4.18. The number of carbonyl (C=O) groups excluding carboxylic acids is 2. The van der Waals surface area contributed by atoms with Crippen LogP contribution in [0.25, 0.3) is 6.08 Å². The van der Waals surface area contributed by atoms with Crippen LogP contribution in [0.3, 0.4) is 0 Å². The molecule has 2 amide bonds. The molecule has 11 heteroatoms. The van der Waals surface area contributed by atoms with Gasteiger partial charge in [0, 0.05) is 29.3 Å². The average molecular weight is 469 g/mol. The van der Waals surface area contributed by atoms with E-state index in [-0.39, 0.29) is 22.5 Å². The smallest absolute Gasteiger partial charge is 0.364 e. The monoisotopic (exact) mass is 469 g/mol. The van der Waals surface area contributed by atoms with E-state index in [0.29, 0.717) is 0 Å². The molecule has 1 aromatic carbocycles. The maximum absolute atomic E-state index is 14.4. The minimum atomic E-state index is -4.87. The van der Waals surface area contributed by atoms with Crippen LogP contribution in [0.4, 0.5) is 27.6 Å². The summed E-state index contributed by atoms with van der Waals surface area (Å²) in [4.78, 5) is 28.1. The fourth-order valence-electron chi connectivity index (χ4n) is 3.96. The van der Waals surface area contributed by atoms with Crippen molar-refractivity contribution in [2.75, 3.05) is 5.32 Å². The zero-order valence-electron chi connectivity index (χ0n) is 17.5. The Morgan fingerprint density at radius 1 is 1.27 bits per heavy atom. The van der Waals surface area contributed by atoms with Crippen molar-refractivity contribution in [3.63, 3.8) is 0 Å². The quantitative estimate of drug-likeness (QED) is 0.643. The van der Waals surface area contributed by atoms with Crippen molar-refractivity contribution in [1.82, 2.24) is 4.98 Å². The Balaban J connectivity index is 2.08. The van der Waals surface area contributed by atoms with Crippen LogP contribution in [-0.2, 0) is 9.53 Å². The summed E-state index contributed by atoms with van der Waals surface area (Å²) in [6.45, 7) is 5.43. The first-order valence-electron chi connectivity index (χ1n) is 9.73. The number of hydrogen-bond donors (Lipinski definition) is 2. The van der Waals surface area contributed by atoms with Crippen molar-refractivity contribution in [2.24, 2.45) is 11.7 Å². The molecule has 33 heavy (non-hydrogen) atoms. The van der Waals surface area contributed by atoms with E-state index < -0.39 is 53.2 Å². The van der Waals surface area contributed by atoms with Crippen molar-refractivity contribution in [3.8, 4) is 0 Å². The fraction of sp³-hybridized carbons (Fsp3) is 0.318. The van der Waals surface area contributed by atoms with Crippen molar-refractivity contribution in [2.45, 2.75) is 37.6 Å². The summed E-state index contributed by atoms with van der Waals surface area (Å²) in [5, 5.41) is 2.38. The van der Waals surface area contributed by atoms with Gasteiger partial charge in [-0.1, -0.05) is 25.6 Å². The van der Waals surface area contributed by atoms with Crippen LogP contribution in [-0.4, -0.2) is 34.7 Å². The highest BCUT2D eigenvalue weighted by Gasteiger charge is 2.65. The zero-order valence-corrected chi connectivity index (χ0v) is 17.5. The largest absolute Gasteiger partial charge is 0.417 e. The Morgan fingerprint density at radius 3 is 2.52 bits per heavy atom. The molecule has 2 aromatic rings. The maximum Gasteiger partial charge on any atom is 0.417 e. The summed E-state index contributed by atoms with van der Waals surface area (Å²) in [5.74, 6) is -7.05. The van der Waals surface area contributed by atoms with E-state index in [9.17, 15) is 31.5 Å². The van der Waals surface area contributed by atoms with Gasteiger partial charge in [0.15, 0.2) is 17.2 Å². The van der Waals surface area contributed by atoms with Gasteiger partial charge in [0.1, 0.15) is 11.8 Å². The van der Waals surface area contributed by atoms with Crippen molar-refractivity contribution < 1.29 is 36.3 Å². The number of nitrogens with one attached hydrogen (secondary N) is 1. The molecule has 3 rings (SSSR count). The second-order valence-corrected chi connectivity index (χ2v) is 7.81. The highest BCUT2D eigenvalue weighted by molar-refractivity contribution is 5.97. The lowest BCUT2D eigenvalue weighted by Crippen LogP contribution is -2.47. The number of aromatic nitrogens is 1. The third kappa shape index (κ3) is 4.20. The number of ether oxygens (including phenoxy) is 1. The zero-order chi connectivity index (χ0) is 24.7. The molecule has 0 aliphatic carbocycles. The first-order valence-corrected chi connectivity index (χ1v) is 9.73. The fourth-order valence-corrected chi connectivity index (χ4v) is 3.96. The molecule has 1 aliphatic heterocycles. The molecule has 0 saturated carbocycles. The number of anilines is 1. The molecule has 3 N–H and O–H groups in total. The minimum absolute atomic E-state index is 0.0358. The van der Waals surface area contributed by atoms with E-state index in [2.05, 4.69) is 16.9 Å². The molecule has 2 heterocycles. The summed E-state index contributed by atoms with van der Waals surface area (Å²) in [5.41, 5.74) is 1.83. The number of amides is 2. The summed E-state index contributed by atoms with van der Waals surface area (Å²) in [6, 6.07) is 4.32. The van der Waals surface area contributed by atoms with Crippen LogP contribution in [0.15, 0.2) is 37.0 Å². The Labute approximate surface area is 185 Å². The van der Waals surface area contributed by atoms with Crippen molar-refractivity contribution in [1.29, 1.82) is 0 Å². The van der Waals surface area contributed by atoms with Crippen molar-refractivity contribution >= 4 is 23.6 Å². The molecule has 0 bridgehead atoms. The van der Waals surface area contributed by atoms with Gasteiger partial charge in [-0.25, -0.2) is 8.78 Å². The number of benzene rings is 1. The highest BCUT2D eigenvalue weighted by Crippen LogP contribution is 2.54. The Morgan fingerprint density at radius 2 is 1.94 bits per heavy atom. The standard InChI is InChI=1S/C22H20F5N3O3/c1-4-12-13(5-6-14(23)17(12)24)16-10(2)21(3,22(25,26)27)33-18(16)20(32)30-11-7-8-29-15(9-11)19(28)31/h4-10,16,18H,1H2,2-3H3,(H2,28,31)(H,29,30,32)/t10-,16+,18-,21+/m1/s1. The summed E-state index contributed by atoms with van der Waals surface area (Å²) < 4.78 is 75.3. The Kier molecular flexibility index (Phi) is 6.29. The first-order chi connectivity index (χ1) is 15.3. The molecular formula is C22H20F5N3O3. The molecule has 0 radical (unpaired) electrons. The normalized spacial score (nSPS) is 25.0. The molecular weight excluding hydrogens is 449 g/mol. The predicted molar refractivity (Wildman–Crippen MR) is 109 cm³/mol. The van der Waals surface area contributed by atoms with Gasteiger partial charge in [0.05, 0.1) is 0 Å². The third-order valence-corrected chi connectivity index (χ3v) is 5.94. The number of halogens is 5. The minimum Gasteiger partial charge on any atom is -0.364 e. The number of alkyl halides is 3. The lowest BCUT2D eigenvalue weighted by Gasteiger charge is -2.32.